The number of piperidine rings is 1. The zero-order valence-electron chi connectivity index (χ0n) is 8.92. The highest BCUT2D eigenvalue weighted by atomic mass is 19.1. The lowest BCUT2D eigenvalue weighted by molar-refractivity contribution is 0.389. The van der Waals surface area contributed by atoms with Gasteiger partial charge in [-0.15, -0.1) is 0 Å². The molecule has 3 heteroatoms. The molecule has 0 bridgehead atoms. The van der Waals surface area contributed by atoms with Gasteiger partial charge in [0.05, 0.1) is 7.11 Å². The highest BCUT2D eigenvalue weighted by Crippen LogP contribution is 2.31. The Labute approximate surface area is 89.4 Å². The molecule has 82 valence electrons. The molecule has 0 amide bonds. The minimum Gasteiger partial charge on any atom is -0.496 e. The van der Waals surface area contributed by atoms with Crippen LogP contribution in [0.2, 0.25) is 0 Å². The lowest BCUT2D eigenvalue weighted by Gasteiger charge is -2.24. The molecule has 1 aliphatic rings. The minimum absolute atomic E-state index is 0.237. The van der Waals surface area contributed by atoms with Crippen LogP contribution in [0.4, 0.5) is 4.39 Å². The van der Waals surface area contributed by atoms with Gasteiger partial charge in [0.2, 0.25) is 0 Å². The van der Waals surface area contributed by atoms with Crippen molar-refractivity contribution in [1.82, 2.24) is 5.32 Å². The number of nitrogens with one attached hydrogen (secondary N) is 1. The van der Waals surface area contributed by atoms with E-state index >= 15 is 0 Å². The molecule has 2 nitrogen and oxygen atoms in total. The van der Waals surface area contributed by atoms with Crippen molar-refractivity contribution in [1.29, 1.82) is 0 Å². The fraction of sp³-hybridized carbons (Fsp3) is 0.500. The van der Waals surface area contributed by atoms with Crippen molar-refractivity contribution < 1.29 is 9.13 Å². The number of rotatable bonds is 2. The second-order valence-electron chi connectivity index (χ2n) is 3.93. The maximum Gasteiger partial charge on any atom is 0.126 e. The molecule has 1 aliphatic heterocycles. The Bertz CT molecular complexity index is 334. The van der Waals surface area contributed by atoms with Gasteiger partial charge in [0, 0.05) is 18.5 Å². The highest BCUT2D eigenvalue weighted by Gasteiger charge is 2.18. The average Bonchev–Trinajstić information content (AvgIpc) is 2.30. The van der Waals surface area contributed by atoms with Crippen LogP contribution < -0.4 is 10.1 Å². The molecular formula is C12H16FNO. The van der Waals surface area contributed by atoms with E-state index in [0.717, 1.165) is 25.1 Å². The van der Waals surface area contributed by atoms with Gasteiger partial charge in [-0.05, 0) is 31.0 Å². The van der Waals surface area contributed by atoms with E-state index in [2.05, 4.69) is 5.32 Å². The fourth-order valence-corrected chi connectivity index (χ4v) is 2.14. The molecule has 0 aromatic heterocycles. The summed E-state index contributed by atoms with van der Waals surface area (Å²) < 4.78 is 18.2. The van der Waals surface area contributed by atoms with Crippen molar-refractivity contribution in [2.45, 2.75) is 18.8 Å². The van der Waals surface area contributed by atoms with Crippen LogP contribution in [-0.2, 0) is 0 Å². The van der Waals surface area contributed by atoms with Crippen LogP contribution in [0, 0.1) is 5.82 Å². The van der Waals surface area contributed by atoms with Crippen LogP contribution in [-0.4, -0.2) is 20.2 Å². The summed E-state index contributed by atoms with van der Waals surface area (Å²) in [6.07, 6.45) is 2.32. The van der Waals surface area contributed by atoms with E-state index in [4.69, 9.17) is 4.74 Å². The first-order chi connectivity index (χ1) is 7.31. The fourth-order valence-electron chi connectivity index (χ4n) is 2.14. The number of hydrogen-bond donors (Lipinski definition) is 1. The van der Waals surface area contributed by atoms with Crippen LogP contribution in [0.1, 0.15) is 24.3 Å². The summed E-state index contributed by atoms with van der Waals surface area (Å²) in [4.78, 5) is 0. The topological polar surface area (TPSA) is 21.3 Å². The molecule has 1 fully saturated rings. The van der Waals surface area contributed by atoms with Crippen LogP contribution >= 0.6 is 0 Å². The maximum atomic E-state index is 13.0. The minimum atomic E-state index is -0.237. The molecule has 0 radical (unpaired) electrons. The summed E-state index contributed by atoms with van der Waals surface area (Å²) in [7, 11) is 1.59. The average molecular weight is 209 g/mol. The molecule has 1 saturated heterocycles. The van der Waals surface area contributed by atoms with Gasteiger partial charge >= 0.3 is 0 Å². The quantitative estimate of drug-likeness (QED) is 0.807. The molecule has 0 saturated carbocycles. The first-order valence-corrected chi connectivity index (χ1v) is 5.35. The Morgan fingerprint density at radius 1 is 1.47 bits per heavy atom. The lowest BCUT2D eigenvalue weighted by atomic mass is 9.91. The Morgan fingerprint density at radius 3 is 3.00 bits per heavy atom. The molecule has 0 aliphatic carbocycles. The first kappa shape index (κ1) is 10.4. The van der Waals surface area contributed by atoms with E-state index in [0.29, 0.717) is 11.7 Å². The summed E-state index contributed by atoms with van der Waals surface area (Å²) in [5.41, 5.74) is 1.12. The summed E-state index contributed by atoms with van der Waals surface area (Å²) in [6, 6.07) is 4.81. The van der Waals surface area contributed by atoms with Crippen LogP contribution in [0.15, 0.2) is 18.2 Å². The van der Waals surface area contributed by atoms with Crippen molar-refractivity contribution >= 4 is 0 Å². The lowest BCUT2D eigenvalue weighted by Crippen LogP contribution is -2.28. The van der Waals surface area contributed by atoms with Gasteiger partial charge in [0.25, 0.3) is 0 Å². The predicted molar refractivity (Wildman–Crippen MR) is 57.8 cm³/mol. The number of benzene rings is 1. The molecular weight excluding hydrogens is 193 g/mol. The third-order valence-electron chi connectivity index (χ3n) is 2.93. The molecule has 0 unspecified atom stereocenters. The van der Waals surface area contributed by atoms with Crippen molar-refractivity contribution in [2.24, 2.45) is 0 Å². The SMILES string of the molecule is COc1cc(F)ccc1[C@@H]1CCCNC1. The largest absolute Gasteiger partial charge is 0.496 e. The van der Waals surface area contributed by atoms with Gasteiger partial charge in [-0.1, -0.05) is 6.07 Å². The molecule has 1 atom stereocenters. The predicted octanol–water partition coefficient (Wildman–Crippen LogP) is 2.30. The van der Waals surface area contributed by atoms with Crippen LogP contribution in [0.3, 0.4) is 0 Å². The second-order valence-corrected chi connectivity index (χ2v) is 3.93. The van der Waals surface area contributed by atoms with Gasteiger partial charge < -0.3 is 10.1 Å². The van der Waals surface area contributed by atoms with Crippen molar-refractivity contribution in [2.75, 3.05) is 20.2 Å². The molecule has 1 N–H and O–H groups in total. The monoisotopic (exact) mass is 209 g/mol. The second kappa shape index (κ2) is 4.62. The highest BCUT2D eigenvalue weighted by molar-refractivity contribution is 5.37. The van der Waals surface area contributed by atoms with Crippen molar-refractivity contribution in [3.8, 4) is 5.75 Å². The van der Waals surface area contributed by atoms with Gasteiger partial charge in [0.1, 0.15) is 11.6 Å². The normalized spacial score (nSPS) is 21.3. The smallest absolute Gasteiger partial charge is 0.126 e. The molecule has 0 spiro atoms. The molecule has 15 heavy (non-hydrogen) atoms. The Morgan fingerprint density at radius 2 is 2.33 bits per heavy atom. The van der Waals surface area contributed by atoms with E-state index in [1.807, 2.05) is 6.07 Å². The van der Waals surface area contributed by atoms with E-state index < -0.39 is 0 Å². The molecule has 1 heterocycles. The van der Waals surface area contributed by atoms with E-state index in [1.54, 1.807) is 7.11 Å². The number of ether oxygens (including phenoxy) is 1. The standard InChI is InChI=1S/C12H16FNO/c1-15-12-7-10(13)4-5-11(12)9-3-2-6-14-8-9/h4-5,7,9,14H,2-3,6,8H2,1H3/t9-/m1/s1. The van der Waals surface area contributed by atoms with Crippen molar-refractivity contribution in [3.63, 3.8) is 0 Å². The zero-order chi connectivity index (χ0) is 10.7. The molecule has 1 aromatic rings. The molecule has 1 aromatic carbocycles. The third kappa shape index (κ3) is 2.29. The van der Waals surface area contributed by atoms with Gasteiger partial charge in [-0.2, -0.15) is 0 Å². The summed E-state index contributed by atoms with van der Waals surface area (Å²) in [5.74, 6) is 0.886. The van der Waals surface area contributed by atoms with Gasteiger partial charge in [0.15, 0.2) is 0 Å². The van der Waals surface area contributed by atoms with Crippen molar-refractivity contribution in [3.05, 3.63) is 29.6 Å². The Kier molecular flexibility index (Phi) is 3.21. The summed E-state index contributed by atoms with van der Waals surface area (Å²) in [5, 5.41) is 3.35. The Hall–Kier alpha value is -1.09. The summed E-state index contributed by atoms with van der Waals surface area (Å²) in [6.45, 7) is 2.04. The number of methoxy groups -OCH3 is 1. The number of hydrogen-bond acceptors (Lipinski definition) is 2. The van der Waals surface area contributed by atoms with Crippen LogP contribution in [0.5, 0.6) is 5.75 Å². The number of halogens is 1. The van der Waals surface area contributed by atoms with Crippen LogP contribution in [0.25, 0.3) is 0 Å². The van der Waals surface area contributed by atoms with E-state index in [9.17, 15) is 4.39 Å². The van der Waals surface area contributed by atoms with Gasteiger partial charge in [-0.3, -0.25) is 0 Å². The van der Waals surface area contributed by atoms with Gasteiger partial charge in [-0.25, -0.2) is 4.39 Å². The Balaban J connectivity index is 2.25. The van der Waals surface area contributed by atoms with E-state index in [1.165, 1.54) is 18.6 Å². The summed E-state index contributed by atoms with van der Waals surface area (Å²) >= 11 is 0. The maximum absolute atomic E-state index is 13.0. The zero-order valence-corrected chi connectivity index (χ0v) is 8.92. The first-order valence-electron chi connectivity index (χ1n) is 5.35. The third-order valence-corrected chi connectivity index (χ3v) is 2.93. The van der Waals surface area contributed by atoms with E-state index in [-0.39, 0.29) is 5.82 Å². The molecule has 2 rings (SSSR count).